The van der Waals surface area contributed by atoms with Gasteiger partial charge < -0.3 is 14.6 Å². The van der Waals surface area contributed by atoms with Gasteiger partial charge in [0.15, 0.2) is 0 Å². The Morgan fingerprint density at radius 3 is 2.94 bits per heavy atom. The summed E-state index contributed by atoms with van der Waals surface area (Å²) in [4.78, 5) is 0. The second-order valence-corrected chi connectivity index (χ2v) is 4.48. The van der Waals surface area contributed by atoms with Crippen molar-refractivity contribution in [3.05, 3.63) is 24.0 Å². The first-order valence-electron chi connectivity index (χ1n) is 6.15. The maximum absolute atomic E-state index is 5.32. The van der Waals surface area contributed by atoms with E-state index in [1.807, 2.05) is 6.92 Å². The third kappa shape index (κ3) is 5.33. The SMILES string of the molecule is CCOCCn1ccc(CNCC(C)C)c1. The molecule has 0 saturated heterocycles. The molecule has 3 heteroatoms. The van der Waals surface area contributed by atoms with Gasteiger partial charge in [-0.05, 0) is 31.0 Å². The molecule has 0 aromatic carbocycles. The van der Waals surface area contributed by atoms with Gasteiger partial charge in [-0.15, -0.1) is 0 Å². The molecule has 0 radical (unpaired) electrons. The molecule has 1 N–H and O–H groups in total. The van der Waals surface area contributed by atoms with Gasteiger partial charge in [-0.3, -0.25) is 0 Å². The van der Waals surface area contributed by atoms with Crippen molar-refractivity contribution in [3.8, 4) is 0 Å². The number of aromatic nitrogens is 1. The highest BCUT2D eigenvalue weighted by Gasteiger charge is 1.98. The van der Waals surface area contributed by atoms with E-state index in [0.29, 0.717) is 5.92 Å². The Kier molecular flexibility index (Phi) is 6.19. The lowest BCUT2D eigenvalue weighted by Gasteiger charge is -2.06. The molecule has 1 aromatic heterocycles. The van der Waals surface area contributed by atoms with E-state index in [9.17, 15) is 0 Å². The zero-order valence-electron chi connectivity index (χ0n) is 10.7. The molecule has 1 rings (SSSR count). The van der Waals surface area contributed by atoms with Gasteiger partial charge in [-0.1, -0.05) is 13.8 Å². The minimum atomic E-state index is 0.708. The summed E-state index contributed by atoms with van der Waals surface area (Å²) in [6, 6.07) is 2.17. The lowest BCUT2D eigenvalue weighted by Crippen LogP contribution is -2.18. The van der Waals surface area contributed by atoms with E-state index < -0.39 is 0 Å². The number of nitrogens with zero attached hydrogens (tertiary/aromatic N) is 1. The van der Waals surface area contributed by atoms with Crippen LogP contribution in [0, 0.1) is 5.92 Å². The lowest BCUT2D eigenvalue weighted by atomic mass is 10.2. The molecule has 16 heavy (non-hydrogen) atoms. The van der Waals surface area contributed by atoms with Crippen LogP contribution in [-0.2, 0) is 17.8 Å². The topological polar surface area (TPSA) is 26.2 Å². The van der Waals surface area contributed by atoms with Crippen LogP contribution in [0.2, 0.25) is 0 Å². The van der Waals surface area contributed by atoms with E-state index in [1.165, 1.54) is 5.56 Å². The van der Waals surface area contributed by atoms with Crippen LogP contribution in [-0.4, -0.2) is 24.3 Å². The van der Waals surface area contributed by atoms with Crippen LogP contribution in [0.1, 0.15) is 26.3 Å². The number of hydrogen-bond acceptors (Lipinski definition) is 2. The van der Waals surface area contributed by atoms with Crippen molar-refractivity contribution in [2.75, 3.05) is 19.8 Å². The molecule has 0 atom stereocenters. The first kappa shape index (κ1) is 13.3. The van der Waals surface area contributed by atoms with Crippen LogP contribution in [0.3, 0.4) is 0 Å². The molecule has 0 saturated carbocycles. The molecule has 0 aliphatic rings. The van der Waals surface area contributed by atoms with E-state index in [0.717, 1.165) is 32.8 Å². The highest BCUT2D eigenvalue weighted by Crippen LogP contribution is 2.01. The van der Waals surface area contributed by atoms with Gasteiger partial charge in [-0.2, -0.15) is 0 Å². The van der Waals surface area contributed by atoms with E-state index in [-0.39, 0.29) is 0 Å². The summed E-state index contributed by atoms with van der Waals surface area (Å²) in [6.07, 6.45) is 4.30. The van der Waals surface area contributed by atoms with E-state index >= 15 is 0 Å². The minimum Gasteiger partial charge on any atom is -0.380 e. The maximum atomic E-state index is 5.32. The van der Waals surface area contributed by atoms with Crippen LogP contribution in [0.25, 0.3) is 0 Å². The standard InChI is InChI=1S/C13H24N2O/c1-4-16-8-7-15-6-5-13(11-15)10-14-9-12(2)3/h5-6,11-12,14H,4,7-10H2,1-3H3. The van der Waals surface area contributed by atoms with E-state index in [4.69, 9.17) is 4.74 Å². The zero-order chi connectivity index (χ0) is 11.8. The predicted octanol–water partition coefficient (Wildman–Crippen LogP) is 2.27. The van der Waals surface area contributed by atoms with Gasteiger partial charge in [0.1, 0.15) is 0 Å². The fourth-order valence-corrected chi connectivity index (χ4v) is 1.55. The molecule has 0 aliphatic heterocycles. The molecule has 0 unspecified atom stereocenters. The van der Waals surface area contributed by atoms with Crippen molar-refractivity contribution < 1.29 is 4.74 Å². The molecular formula is C13H24N2O. The van der Waals surface area contributed by atoms with Crippen molar-refractivity contribution >= 4 is 0 Å². The summed E-state index contributed by atoms with van der Waals surface area (Å²) < 4.78 is 7.51. The van der Waals surface area contributed by atoms with Crippen molar-refractivity contribution in [1.29, 1.82) is 0 Å². The average molecular weight is 224 g/mol. The van der Waals surface area contributed by atoms with Crippen LogP contribution in [0.5, 0.6) is 0 Å². The number of ether oxygens (including phenoxy) is 1. The Hall–Kier alpha value is -0.800. The van der Waals surface area contributed by atoms with Gasteiger partial charge in [0.05, 0.1) is 6.61 Å². The van der Waals surface area contributed by atoms with Crippen molar-refractivity contribution in [1.82, 2.24) is 9.88 Å². The van der Waals surface area contributed by atoms with E-state index in [2.05, 4.69) is 42.2 Å². The molecule has 1 aromatic rings. The van der Waals surface area contributed by atoms with Crippen LogP contribution >= 0.6 is 0 Å². The van der Waals surface area contributed by atoms with Gasteiger partial charge in [0.2, 0.25) is 0 Å². The number of nitrogens with one attached hydrogen (secondary N) is 1. The van der Waals surface area contributed by atoms with Crippen LogP contribution in [0.4, 0.5) is 0 Å². The smallest absolute Gasteiger partial charge is 0.0645 e. The summed E-state index contributed by atoms with van der Waals surface area (Å²) >= 11 is 0. The first-order chi connectivity index (χ1) is 7.72. The second-order valence-electron chi connectivity index (χ2n) is 4.48. The lowest BCUT2D eigenvalue weighted by molar-refractivity contribution is 0.139. The average Bonchev–Trinajstić information content (AvgIpc) is 2.66. The highest BCUT2D eigenvalue weighted by atomic mass is 16.5. The molecule has 1 heterocycles. The Bertz CT molecular complexity index is 281. The Morgan fingerprint density at radius 1 is 1.44 bits per heavy atom. The van der Waals surface area contributed by atoms with Crippen LogP contribution in [0.15, 0.2) is 18.5 Å². The molecule has 0 amide bonds. The third-order valence-electron chi connectivity index (χ3n) is 2.39. The fraction of sp³-hybridized carbons (Fsp3) is 0.692. The minimum absolute atomic E-state index is 0.708. The summed E-state index contributed by atoms with van der Waals surface area (Å²) in [5.74, 6) is 0.708. The molecule has 92 valence electrons. The zero-order valence-corrected chi connectivity index (χ0v) is 10.7. The van der Waals surface area contributed by atoms with Crippen LogP contribution < -0.4 is 5.32 Å². The summed E-state index contributed by atoms with van der Waals surface area (Å²) in [5, 5.41) is 3.44. The number of hydrogen-bond donors (Lipinski definition) is 1. The molecule has 0 bridgehead atoms. The summed E-state index contributed by atoms with van der Waals surface area (Å²) in [7, 11) is 0. The van der Waals surface area contributed by atoms with Crippen molar-refractivity contribution in [3.63, 3.8) is 0 Å². The monoisotopic (exact) mass is 224 g/mol. The van der Waals surface area contributed by atoms with Crippen molar-refractivity contribution in [2.45, 2.75) is 33.9 Å². The summed E-state index contributed by atoms with van der Waals surface area (Å²) in [6.45, 7) is 11.0. The highest BCUT2D eigenvalue weighted by molar-refractivity contribution is 5.09. The molecule has 0 fully saturated rings. The first-order valence-corrected chi connectivity index (χ1v) is 6.15. The van der Waals surface area contributed by atoms with Gasteiger partial charge >= 0.3 is 0 Å². The second kappa shape index (κ2) is 7.47. The van der Waals surface area contributed by atoms with E-state index in [1.54, 1.807) is 0 Å². The molecule has 0 aliphatic carbocycles. The van der Waals surface area contributed by atoms with Gasteiger partial charge in [0.25, 0.3) is 0 Å². The molecular weight excluding hydrogens is 200 g/mol. The predicted molar refractivity (Wildman–Crippen MR) is 67.5 cm³/mol. The van der Waals surface area contributed by atoms with Gasteiger partial charge in [0, 0.05) is 32.1 Å². The van der Waals surface area contributed by atoms with Gasteiger partial charge in [-0.25, -0.2) is 0 Å². The normalized spacial score (nSPS) is 11.2. The molecule has 3 nitrogen and oxygen atoms in total. The quantitative estimate of drug-likeness (QED) is 0.686. The maximum Gasteiger partial charge on any atom is 0.0645 e. The Balaban J connectivity index is 2.22. The summed E-state index contributed by atoms with van der Waals surface area (Å²) in [5.41, 5.74) is 1.34. The number of rotatable bonds is 8. The Labute approximate surface area is 98.8 Å². The Morgan fingerprint density at radius 2 is 2.25 bits per heavy atom. The van der Waals surface area contributed by atoms with Crippen molar-refractivity contribution in [2.24, 2.45) is 5.92 Å². The largest absolute Gasteiger partial charge is 0.380 e. The third-order valence-corrected chi connectivity index (χ3v) is 2.39. The fourth-order valence-electron chi connectivity index (χ4n) is 1.55. The molecule has 0 spiro atoms.